The average Bonchev–Trinajstić information content (AvgIpc) is 2.35. The second kappa shape index (κ2) is 7.87. The summed E-state index contributed by atoms with van der Waals surface area (Å²) in [7, 11) is 2.95. The molecule has 0 saturated carbocycles. The Kier molecular flexibility index (Phi) is 7.24. The Hall–Kier alpha value is -1.59. The maximum atomic E-state index is 11.8. The zero-order valence-electron chi connectivity index (χ0n) is 13.3. The number of ether oxygens (including phenoxy) is 1. The van der Waals surface area contributed by atoms with Gasteiger partial charge in [0, 0.05) is 32.0 Å². The molecule has 0 rings (SSSR count). The van der Waals surface area contributed by atoms with Crippen molar-refractivity contribution in [1.29, 1.82) is 0 Å². The van der Waals surface area contributed by atoms with Gasteiger partial charge in [0.2, 0.25) is 11.8 Å². The van der Waals surface area contributed by atoms with Crippen LogP contribution < -0.4 is 5.32 Å². The molecule has 0 aliphatic rings. The molecule has 0 aliphatic carbocycles. The van der Waals surface area contributed by atoms with Crippen molar-refractivity contribution in [2.75, 3.05) is 27.2 Å². The SMILES string of the molecule is COC(=O)C(C)CN(C)C(=O)CCNC(=O)C(C)(C)C. The molecule has 1 N–H and O–H groups in total. The summed E-state index contributed by atoms with van der Waals surface area (Å²) >= 11 is 0. The van der Waals surface area contributed by atoms with E-state index in [1.165, 1.54) is 12.0 Å². The average molecular weight is 286 g/mol. The molecule has 6 heteroatoms. The number of amides is 2. The van der Waals surface area contributed by atoms with Gasteiger partial charge in [-0.3, -0.25) is 14.4 Å². The minimum atomic E-state index is -0.464. The minimum Gasteiger partial charge on any atom is -0.469 e. The van der Waals surface area contributed by atoms with Gasteiger partial charge in [0.1, 0.15) is 0 Å². The number of hydrogen-bond acceptors (Lipinski definition) is 4. The summed E-state index contributed by atoms with van der Waals surface area (Å²) < 4.78 is 4.61. The molecule has 0 radical (unpaired) electrons. The number of nitrogens with one attached hydrogen (secondary N) is 1. The van der Waals surface area contributed by atoms with E-state index >= 15 is 0 Å². The Balaban J connectivity index is 4.10. The van der Waals surface area contributed by atoms with Gasteiger partial charge in [-0.2, -0.15) is 0 Å². The van der Waals surface area contributed by atoms with Gasteiger partial charge in [-0.1, -0.05) is 27.7 Å². The van der Waals surface area contributed by atoms with Crippen LogP contribution in [0.3, 0.4) is 0 Å². The molecule has 0 bridgehead atoms. The molecule has 0 aromatic heterocycles. The minimum absolute atomic E-state index is 0.0871. The summed E-state index contributed by atoms with van der Waals surface area (Å²) in [5, 5.41) is 2.72. The molecular formula is C14H26N2O4. The summed E-state index contributed by atoms with van der Waals surface area (Å²) in [5.41, 5.74) is -0.464. The van der Waals surface area contributed by atoms with E-state index in [1.54, 1.807) is 14.0 Å². The van der Waals surface area contributed by atoms with E-state index in [0.717, 1.165) is 0 Å². The van der Waals surface area contributed by atoms with Crippen LogP contribution in [0.5, 0.6) is 0 Å². The van der Waals surface area contributed by atoms with Crippen LogP contribution in [0.15, 0.2) is 0 Å². The van der Waals surface area contributed by atoms with Crippen LogP contribution in [0.4, 0.5) is 0 Å². The van der Waals surface area contributed by atoms with Crippen molar-refractivity contribution in [3.8, 4) is 0 Å². The van der Waals surface area contributed by atoms with Crippen molar-refractivity contribution < 1.29 is 19.1 Å². The fraction of sp³-hybridized carbons (Fsp3) is 0.786. The number of hydrogen-bond donors (Lipinski definition) is 1. The molecule has 0 aliphatic heterocycles. The summed E-state index contributed by atoms with van der Waals surface area (Å²) in [6, 6.07) is 0. The Morgan fingerprint density at radius 2 is 1.80 bits per heavy atom. The lowest BCUT2D eigenvalue weighted by Gasteiger charge is -2.21. The maximum Gasteiger partial charge on any atom is 0.310 e. The summed E-state index contributed by atoms with van der Waals surface area (Å²) in [5.74, 6) is -0.908. The van der Waals surface area contributed by atoms with Crippen LogP contribution in [0, 0.1) is 11.3 Å². The van der Waals surface area contributed by atoms with Gasteiger partial charge in [0.15, 0.2) is 0 Å². The van der Waals surface area contributed by atoms with Crippen molar-refractivity contribution in [2.45, 2.75) is 34.1 Å². The van der Waals surface area contributed by atoms with E-state index in [4.69, 9.17) is 0 Å². The number of esters is 1. The van der Waals surface area contributed by atoms with Crippen LogP contribution in [-0.4, -0.2) is 49.9 Å². The maximum absolute atomic E-state index is 11.8. The van der Waals surface area contributed by atoms with E-state index in [-0.39, 0.29) is 30.1 Å². The number of carbonyl (C=O) groups is 3. The van der Waals surface area contributed by atoms with Crippen LogP contribution >= 0.6 is 0 Å². The molecular weight excluding hydrogens is 260 g/mol. The molecule has 0 heterocycles. The summed E-state index contributed by atoms with van der Waals surface area (Å²) in [6.07, 6.45) is 0.214. The largest absolute Gasteiger partial charge is 0.469 e. The number of methoxy groups -OCH3 is 1. The van der Waals surface area contributed by atoms with Crippen LogP contribution in [0.1, 0.15) is 34.1 Å². The third-order valence-electron chi connectivity index (χ3n) is 2.88. The molecule has 0 aromatic rings. The Bertz CT molecular complexity index is 361. The second-order valence-corrected chi connectivity index (χ2v) is 5.95. The topological polar surface area (TPSA) is 75.7 Å². The highest BCUT2D eigenvalue weighted by Crippen LogP contribution is 2.12. The standard InChI is InChI=1S/C14H26N2O4/c1-10(12(18)20-6)9-16(5)11(17)7-8-15-13(19)14(2,3)4/h10H,7-9H2,1-6H3,(H,15,19). The highest BCUT2D eigenvalue weighted by atomic mass is 16.5. The van der Waals surface area contributed by atoms with Gasteiger partial charge >= 0.3 is 5.97 Å². The van der Waals surface area contributed by atoms with Crippen LogP contribution in [-0.2, 0) is 19.1 Å². The molecule has 0 saturated heterocycles. The smallest absolute Gasteiger partial charge is 0.310 e. The number of nitrogens with zero attached hydrogens (tertiary/aromatic N) is 1. The lowest BCUT2D eigenvalue weighted by atomic mass is 9.96. The molecule has 0 fully saturated rings. The molecule has 116 valence electrons. The zero-order valence-corrected chi connectivity index (χ0v) is 13.3. The van der Waals surface area contributed by atoms with E-state index < -0.39 is 5.41 Å². The predicted octanol–water partition coefficient (Wildman–Crippen LogP) is 0.806. The van der Waals surface area contributed by atoms with Gasteiger partial charge in [0.05, 0.1) is 13.0 Å². The van der Waals surface area contributed by atoms with Crippen LogP contribution in [0.2, 0.25) is 0 Å². The quantitative estimate of drug-likeness (QED) is 0.733. The summed E-state index contributed by atoms with van der Waals surface area (Å²) in [4.78, 5) is 36.2. The number of rotatable bonds is 6. The monoisotopic (exact) mass is 286 g/mol. The van der Waals surface area contributed by atoms with Gasteiger partial charge in [-0.05, 0) is 0 Å². The lowest BCUT2D eigenvalue weighted by Crippen LogP contribution is -2.39. The van der Waals surface area contributed by atoms with Gasteiger partial charge < -0.3 is 15.0 Å². The first kappa shape index (κ1) is 18.4. The second-order valence-electron chi connectivity index (χ2n) is 5.95. The molecule has 1 unspecified atom stereocenters. The Morgan fingerprint density at radius 1 is 1.25 bits per heavy atom. The Labute approximate surface area is 120 Å². The highest BCUT2D eigenvalue weighted by Gasteiger charge is 2.22. The zero-order chi connectivity index (χ0) is 15.9. The van der Waals surface area contributed by atoms with Gasteiger partial charge in [-0.25, -0.2) is 0 Å². The molecule has 0 aromatic carbocycles. The first-order chi connectivity index (χ1) is 9.09. The first-order valence-electron chi connectivity index (χ1n) is 6.69. The van der Waals surface area contributed by atoms with E-state index in [2.05, 4.69) is 10.1 Å². The van der Waals surface area contributed by atoms with Gasteiger partial charge in [-0.15, -0.1) is 0 Å². The van der Waals surface area contributed by atoms with Crippen molar-refractivity contribution in [1.82, 2.24) is 10.2 Å². The highest BCUT2D eigenvalue weighted by molar-refractivity contribution is 5.82. The third kappa shape index (κ3) is 6.54. The van der Waals surface area contributed by atoms with Crippen molar-refractivity contribution in [2.24, 2.45) is 11.3 Å². The van der Waals surface area contributed by atoms with E-state index in [0.29, 0.717) is 13.1 Å². The predicted molar refractivity (Wildman–Crippen MR) is 75.9 cm³/mol. The van der Waals surface area contributed by atoms with Crippen molar-refractivity contribution in [3.63, 3.8) is 0 Å². The van der Waals surface area contributed by atoms with Crippen molar-refractivity contribution >= 4 is 17.8 Å². The fourth-order valence-corrected chi connectivity index (χ4v) is 1.53. The number of carbonyl (C=O) groups excluding carboxylic acids is 3. The van der Waals surface area contributed by atoms with E-state index in [9.17, 15) is 14.4 Å². The Morgan fingerprint density at radius 3 is 2.25 bits per heavy atom. The fourth-order valence-electron chi connectivity index (χ4n) is 1.53. The van der Waals surface area contributed by atoms with Crippen LogP contribution in [0.25, 0.3) is 0 Å². The molecule has 20 heavy (non-hydrogen) atoms. The molecule has 1 atom stereocenters. The van der Waals surface area contributed by atoms with E-state index in [1.807, 2.05) is 20.8 Å². The van der Waals surface area contributed by atoms with Gasteiger partial charge in [0.25, 0.3) is 0 Å². The van der Waals surface area contributed by atoms with Crippen molar-refractivity contribution in [3.05, 3.63) is 0 Å². The molecule has 2 amide bonds. The first-order valence-corrected chi connectivity index (χ1v) is 6.69. The normalized spacial score (nSPS) is 12.5. The molecule has 6 nitrogen and oxygen atoms in total. The lowest BCUT2D eigenvalue weighted by molar-refractivity contribution is -0.146. The third-order valence-corrected chi connectivity index (χ3v) is 2.88. The summed E-state index contributed by atoms with van der Waals surface area (Å²) in [6.45, 7) is 7.75. The molecule has 0 spiro atoms.